The summed E-state index contributed by atoms with van der Waals surface area (Å²) in [6, 6.07) is 1.94. The molecule has 1 aliphatic heterocycles. The Kier molecular flexibility index (Phi) is 2.69. The molecule has 0 bridgehead atoms. The first kappa shape index (κ1) is 10.5. The van der Waals surface area contributed by atoms with Crippen molar-refractivity contribution in [3.8, 4) is 5.88 Å². The van der Waals surface area contributed by atoms with E-state index in [1.54, 1.807) is 0 Å². The smallest absolute Gasteiger partial charge is 0.233 e. The fourth-order valence-corrected chi connectivity index (χ4v) is 1.67. The molecule has 0 saturated carbocycles. The van der Waals surface area contributed by atoms with Crippen LogP contribution in [0.25, 0.3) is 0 Å². The lowest BCUT2D eigenvalue weighted by molar-refractivity contribution is 0.0297. The van der Waals surface area contributed by atoms with Crippen LogP contribution in [0.2, 0.25) is 0 Å². The maximum Gasteiger partial charge on any atom is 0.233 e. The van der Waals surface area contributed by atoms with Crippen molar-refractivity contribution in [3.63, 3.8) is 0 Å². The molecular weight excluding hydrogens is 190 g/mol. The summed E-state index contributed by atoms with van der Waals surface area (Å²) < 4.78 is 7.75. The van der Waals surface area contributed by atoms with E-state index in [-0.39, 0.29) is 5.60 Å². The molecule has 0 aliphatic carbocycles. The Morgan fingerprint density at radius 2 is 2.33 bits per heavy atom. The van der Waals surface area contributed by atoms with Crippen molar-refractivity contribution < 1.29 is 4.74 Å². The van der Waals surface area contributed by atoms with E-state index in [0.29, 0.717) is 5.92 Å². The molecule has 84 valence electrons. The van der Waals surface area contributed by atoms with Crippen molar-refractivity contribution in [1.82, 2.24) is 15.1 Å². The summed E-state index contributed by atoms with van der Waals surface area (Å²) >= 11 is 0. The van der Waals surface area contributed by atoms with Crippen molar-refractivity contribution in [1.29, 1.82) is 0 Å². The molecule has 2 heterocycles. The van der Waals surface area contributed by atoms with E-state index in [2.05, 4.69) is 31.2 Å². The standard InChI is InChI=1S/C11H19N3O/c1-9(2)6-14-5-4-10(13-14)15-11(3)7-12-8-11/h4-5,9,12H,6-8H2,1-3H3. The average molecular weight is 209 g/mol. The highest BCUT2D eigenvalue weighted by molar-refractivity contribution is 5.10. The van der Waals surface area contributed by atoms with Crippen LogP contribution >= 0.6 is 0 Å². The predicted octanol–water partition coefficient (Wildman–Crippen LogP) is 1.28. The number of hydrogen-bond acceptors (Lipinski definition) is 3. The molecule has 0 aromatic carbocycles. The van der Waals surface area contributed by atoms with Crippen LogP contribution in [0.5, 0.6) is 5.88 Å². The molecule has 0 atom stereocenters. The molecule has 1 N–H and O–H groups in total. The fraction of sp³-hybridized carbons (Fsp3) is 0.727. The maximum absolute atomic E-state index is 5.81. The van der Waals surface area contributed by atoms with E-state index < -0.39 is 0 Å². The van der Waals surface area contributed by atoms with Crippen LogP contribution in [0.1, 0.15) is 20.8 Å². The molecular formula is C11H19N3O. The summed E-state index contributed by atoms with van der Waals surface area (Å²) in [5.74, 6) is 1.35. The summed E-state index contributed by atoms with van der Waals surface area (Å²) in [4.78, 5) is 0. The Morgan fingerprint density at radius 1 is 1.60 bits per heavy atom. The topological polar surface area (TPSA) is 39.1 Å². The molecule has 0 radical (unpaired) electrons. The summed E-state index contributed by atoms with van der Waals surface area (Å²) in [6.07, 6.45) is 1.98. The van der Waals surface area contributed by atoms with Crippen LogP contribution in [0.3, 0.4) is 0 Å². The van der Waals surface area contributed by atoms with Gasteiger partial charge in [0.2, 0.25) is 5.88 Å². The molecule has 0 unspecified atom stereocenters. The number of hydrogen-bond donors (Lipinski definition) is 1. The van der Waals surface area contributed by atoms with Gasteiger partial charge in [-0.3, -0.25) is 4.68 Å². The molecule has 1 fully saturated rings. The van der Waals surface area contributed by atoms with E-state index in [4.69, 9.17) is 4.74 Å². The zero-order valence-electron chi connectivity index (χ0n) is 9.66. The lowest BCUT2D eigenvalue weighted by Gasteiger charge is -2.38. The molecule has 2 rings (SSSR count). The quantitative estimate of drug-likeness (QED) is 0.812. The van der Waals surface area contributed by atoms with Gasteiger partial charge < -0.3 is 10.1 Å². The van der Waals surface area contributed by atoms with Gasteiger partial charge in [-0.1, -0.05) is 13.8 Å². The minimum atomic E-state index is -0.0585. The number of nitrogens with one attached hydrogen (secondary N) is 1. The highest BCUT2D eigenvalue weighted by Gasteiger charge is 2.34. The molecule has 0 amide bonds. The van der Waals surface area contributed by atoms with E-state index in [9.17, 15) is 0 Å². The molecule has 0 spiro atoms. The minimum absolute atomic E-state index is 0.0585. The van der Waals surface area contributed by atoms with Gasteiger partial charge >= 0.3 is 0 Å². The SMILES string of the molecule is CC(C)Cn1ccc(OC2(C)CNC2)n1. The normalized spacial score (nSPS) is 18.9. The van der Waals surface area contributed by atoms with Gasteiger partial charge in [0, 0.05) is 31.9 Å². The van der Waals surface area contributed by atoms with Gasteiger partial charge in [-0.05, 0) is 12.8 Å². The molecule has 4 nitrogen and oxygen atoms in total. The van der Waals surface area contributed by atoms with E-state index in [1.807, 2.05) is 16.9 Å². The van der Waals surface area contributed by atoms with Crippen molar-refractivity contribution in [2.24, 2.45) is 5.92 Å². The summed E-state index contributed by atoms with van der Waals surface area (Å²) in [6.45, 7) is 9.22. The minimum Gasteiger partial charge on any atom is -0.468 e. The fourth-order valence-electron chi connectivity index (χ4n) is 1.67. The second kappa shape index (κ2) is 3.85. The second-order valence-corrected chi connectivity index (χ2v) is 4.93. The van der Waals surface area contributed by atoms with Crippen molar-refractivity contribution in [3.05, 3.63) is 12.3 Å². The largest absolute Gasteiger partial charge is 0.468 e. The van der Waals surface area contributed by atoms with Crippen LogP contribution in [0.15, 0.2) is 12.3 Å². The number of aromatic nitrogens is 2. The first-order valence-corrected chi connectivity index (χ1v) is 5.51. The van der Waals surface area contributed by atoms with Gasteiger partial charge in [0.1, 0.15) is 5.60 Å². The zero-order valence-corrected chi connectivity index (χ0v) is 9.66. The molecule has 1 aliphatic rings. The third kappa shape index (κ3) is 2.50. The van der Waals surface area contributed by atoms with E-state index in [1.165, 1.54) is 0 Å². The Bertz CT molecular complexity index is 328. The van der Waals surface area contributed by atoms with Crippen molar-refractivity contribution in [2.45, 2.75) is 32.9 Å². The van der Waals surface area contributed by atoms with Crippen LogP contribution in [0, 0.1) is 5.92 Å². The second-order valence-electron chi connectivity index (χ2n) is 4.93. The average Bonchev–Trinajstić information content (AvgIpc) is 2.48. The number of rotatable bonds is 4. The van der Waals surface area contributed by atoms with Crippen LogP contribution in [-0.2, 0) is 6.54 Å². The molecule has 1 aromatic rings. The Labute approximate surface area is 90.6 Å². The maximum atomic E-state index is 5.81. The highest BCUT2D eigenvalue weighted by atomic mass is 16.5. The highest BCUT2D eigenvalue weighted by Crippen LogP contribution is 2.19. The molecule has 1 saturated heterocycles. The van der Waals surface area contributed by atoms with Gasteiger partial charge in [0.25, 0.3) is 0 Å². The monoisotopic (exact) mass is 209 g/mol. The first-order chi connectivity index (χ1) is 7.07. The van der Waals surface area contributed by atoms with Crippen LogP contribution < -0.4 is 10.1 Å². The number of nitrogens with zero attached hydrogens (tertiary/aromatic N) is 2. The zero-order chi connectivity index (χ0) is 10.9. The van der Waals surface area contributed by atoms with E-state index >= 15 is 0 Å². The van der Waals surface area contributed by atoms with E-state index in [0.717, 1.165) is 25.5 Å². The van der Waals surface area contributed by atoms with Crippen molar-refractivity contribution in [2.75, 3.05) is 13.1 Å². The third-order valence-electron chi connectivity index (χ3n) is 2.52. The lowest BCUT2D eigenvalue weighted by atomic mass is 10.0. The molecule has 15 heavy (non-hydrogen) atoms. The van der Waals surface area contributed by atoms with Crippen LogP contribution in [0.4, 0.5) is 0 Å². The first-order valence-electron chi connectivity index (χ1n) is 5.51. The van der Waals surface area contributed by atoms with Gasteiger partial charge in [-0.15, -0.1) is 5.10 Å². The van der Waals surface area contributed by atoms with Gasteiger partial charge in [-0.2, -0.15) is 0 Å². The van der Waals surface area contributed by atoms with Crippen molar-refractivity contribution >= 4 is 0 Å². The number of ether oxygens (including phenoxy) is 1. The molecule has 4 heteroatoms. The summed E-state index contributed by atoms with van der Waals surface area (Å²) in [7, 11) is 0. The Morgan fingerprint density at radius 3 is 2.87 bits per heavy atom. The van der Waals surface area contributed by atoms with Gasteiger partial charge in [0.15, 0.2) is 0 Å². The summed E-state index contributed by atoms with van der Waals surface area (Å²) in [5, 5.41) is 7.59. The lowest BCUT2D eigenvalue weighted by Crippen LogP contribution is -2.61. The van der Waals surface area contributed by atoms with Crippen LogP contribution in [-0.4, -0.2) is 28.5 Å². The third-order valence-corrected chi connectivity index (χ3v) is 2.52. The van der Waals surface area contributed by atoms with Gasteiger partial charge in [-0.25, -0.2) is 0 Å². The predicted molar refractivity (Wildman–Crippen MR) is 59.0 cm³/mol. The molecule has 1 aromatic heterocycles. The Hall–Kier alpha value is -1.03. The summed E-state index contributed by atoms with van der Waals surface area (Å²) in [5.41, 5.74) is -0.0585. The Balaban J connectivity index is 1.95. The van der Waals surface area contributed by atoms with Gasteiger partial charge in [0.05, 0.1) is 0 Å².